The van der Waals surface area contributed by atoms with Crippen LogP contribution in [0.2, 0.25) is 0 Å². The molecular weight excluding hydrogens is 462 g/mol. The fourth-order valence-electron chi connectivity index (χ4n) is 4.27. The molecule has 7 nitrogen and oxygen atoms in total. The second kappa shape index (κ2) is 8.96. The van der Waals surface area contributed by atoms with Crippen molar-refractivity contribution in [3.63, 3.8) is 0 Å². The summed E-state index contributed by atoms with van der Waals surface area (Å²) in [7, 11) is 0. The summed E-state index contributed by atoms with van der Waals surface area (Å²) >= 11 is 1.29. The number of hydrogen-bond acceptors (Lipinski definition) is 7. The summed E-state index contributed by atoms with van der Waals surface area (Å²) in [5, 5.41) is 11.7. The number of fused-ring (bicyclic) bond motifs is 1. The minimum Gasteiger partial charge on any atom is -0.507 e. The molecule has 0 aliphatic carbocycles. The molecule has 3 heterocycles. The first kappa shape index (κ1) is 22.7. The van der Waals surface area contributed by atoms with Gasteiger partial charge in [0.05, 0.1) is 28.4 Å². The number of pyridine rings is 1. The molecule has 5 rings (SSSR count). The van der Waals surface area contributed by atoms with Gasteiger partial charge in [0.25, 0.3) is 5.78 Å². The Morgan fingerprint density at radius 1 is 1.14 bits per heavy atom. The Bertz CT molecular complexity index is 1490. The molecule has 0 bridgehead atoms. The van der Waals surface area contributed by atoms with Gasteiger partial charge in [-0.05, 0) is 62.2 Å². The van der Waals surface area contributed by atoms with E-state index < -0.39 is 17.7 Å². The largest absolute Gasteiger partial charge is 0.507 e. The van der Waals surface area contributed by atoms with Crippen LogP contribution in [0.4, 0.5) is 5.13 Å². The third-order valence-electron chi connectivity index (χ3n) is 5.96. The van der Waals surface area contributed by atoms with Crippen LogP contribution in [0, 0.1) is 13.8 Å². The zero-order valence-corrected chi connectivity index (χ0v) is 20.3. The summed E-state index contributed by atoms with van der Waals surface area (Å²) in [4.78, 5) is 37.0. The van der Waals surface area contributed by atoms with Crippen LogP contribution in [0.1, 0.15) is 35.2 Å². The number of anilines is 1. The van der Waals surface area contributed by atoms with E-state index in [1.54, 1.807) is 24.5 Å². The summed E-state index contributed by atoms with van der Waals surface area (Å²) in [6, 6.07) is 13.8. The Morgan fingerprint density at radius 2 is 1.97 bits per heavy atom. The molecule has 1 aliphatic rings. The average molecular weight is 486 g/mol. The van der Waals surface area contributed by atoms with Crippen molar-refractivity contribution in [3.05, 3.63) is 88.8 Å². The Hall–Kier alpha value is -4.04. The first-order valence-electron chi connectivity index (χ1n) is 11.2. The number of benzene rings is 2. The molecule has 1 atom stereocenters. The maximum atomic E-state index is 13.4. The highest BCUT2D eigenvalue weighted by Crippen LogP contribution is 2.44. The van der Waals surface area contributed by atoms with Crippen molar-refractivity contribution in [2.24, 2.45) is 0 Å². The molecule has 1 aliphatic heterocycles. The molecule has 0 spiro atoms. The zero-order valence-electron chi connectivity index (χ0n) is 19.5. The number of carbonyl (C=O) groups is 2. The molecule has 2 aromatic heterocycles. The summed E-state index contributed by atoms with van der Waals surface area (Å²) < 4.78 is 6.42. The van der Waals surface area contributed by atoms with Crippen LogP contribution in [0.15, 0.2) is 66.5 Å². The SMILES string of the molecule is CCOc1ccc2nc(N3C(=O)C(=O)C(=C(O)c4cc(C)ccc4C)C3c3cccnc3)sc2c1. The van der Waals surface area contributed by atoms with Crippen molar-refractivity contribution in [1.29, 1.82) is 0 Å². The van der Waals surface area contributed by atoms with E-state index in [-0.39, 0.29) is 11.3 Å². The third-order valence-corrected chi connectivity index (χ3v) is 6.98. The topological polar surface area (TPSA) is 92.6 Å². The van der Waals surface area contributed by atoms with Crippen LogP contribution in [0.3, 0.4) is 0 Å². The van der Waals surface area contributed by atoms with Gasteiger partial charge in [0, 0.05) is 18.0 Å². The van der Waals surface area contributed by atoms with Gasteiger partial charge in [0.15, 0.2) is 5.13 Å². The number of amides is 1. The van der Waals surface area contributed by atoms with E-state index >= 15 is 0 Å². The Morgan fingerprint density at radius 3 is 2.71 bits per heavy atom. The highest BCUT2D eigenvalue weighted by Gasteiger charge is 2.48. The molecule has 1 fully saturated rings. The lowest BCUT2D eigenvalue weighted by Gasteiger charge is -2.22. The molecule has 8 heteroatoms. The highest BCUT2D eigenvalue weighted by atomic mass is 32.1. The van der Waals surface area contributed by atoms with Crippen molar-refractivity contribution < 1.29 is 19.4 Å². The normalized spacial score (nSPS) is 17.3. The van der Waals surface area contributed by atoms with Crippen LogP contribution in [0.25, 0.3) is 16.0 Å². The van der Waals surface area contributed by atoms with Crippen LogP contribution >= 0.6 is 11.3 Å². The predicted molar refractivity (Wildman–Crippen MR) is 136 cm³/mol. The molecule has 1 unspecified atom stereocenters. The number of aliphatic hydroxyl groups is 1. The van der Waals surface area contributed by atoms with Crippen LogP contribution < -0.4 is 9.64 Å². The number of thiazole rings is 1. The summed E-state index contributed by atoms with van der Waals surface area (Å²) in [5.74, 6) is -1.00. The monoisotopic (exact) mass is 485 g/mol. The summed E-state index contributed by atoms with van der Waals surface area (Å²) in [5.41, 5.74) is 3.56. The van der Waals surface area contributed by atoms with Crippen molar-refractivity contribution >= 4 is 44.1 Å². The molecule has 2 aromatic carbocycles. The van der Waals surface area contributed by atoms with Crippen molar-refractivity contribution in [2.75, 3.05) is 11.5 Å². The highest BCUT2D eigenvalue weighted by molar-refractivity contribution is 7.22. The number of Topliss-reactive ketones (excluding diaryl/α,β-unsaturated/α-hetero) is 1. The fourth-order valence-corrected chi connectivity index (χ4v) is 5.29. The van der Waals surface area contributed by atoms with E-state index in [1.165, 1.54) is 16.2 Å². The van der Waals surface area contributed by atoms with Gasteiger partial charge in [-0.1, -0.05) is 35.1 Å². The Balaban J connectivity index is 1.71. The maximum Gasteiger partial charge on any atom is 0.301 e. The molecule has 1 amide bonds. The van der Waals surface area contributed by atoms with Gasteiger partial charge in [0.2, 0.25) is 0 Å². The molecule has 176 valence electrons. The first-order valence-corrected chi connectivity index (χ1v) is 12.0. The van der Waals surface area contributed by atoms with Gasteiger partial charge < -0.3 is 9.84 Å². The number of carbonyl (C=O) groups excluding carboxylic acids is 2. The van der Waals surface area contributed by atoms with Crippen molar-refractivity contribution in [3.8, 4) is 5.75 Å². The van der Waals surface area contributed by atoms with E-state index in [1.807, 2.05) is 57.2 Å². The molecule has 4 aromatic rings. The molecule has 0 radical (unpaired) electrons. The smallest absolute Gasteiger partial charge is 0.301 e. The summed E-state index contributed by atoms with van der Waals surface area (Å²) in [6.07, 6.45) is 3.22. The van der Waals surface area contributed by atoms with Gasteiger partial charge in [-0.15, -0.1) is 0 Å². The van der Waals surface area contributed by atoms with E-state index in [9.17, 15) is 14.7 Å². The minimum absolute atomic E-state index is 0.0194. The lowest BCUT2D eigenvalue weighted by Crippen LogP contribution is -2.29. The van der Waals surface area contributed by atoms with Gasteiger partial charge in [-0.2, -0.15) is 0 Å². The number of aliphatic hydroxyl groups excluding tert-OH is 1. The third kappa shape index (κ3) is 3.95. The van der Waals surface area contributed by atoms with Crippen molar-refractivity contribution in [2.45, 2.75) is 26.8 Å². The number of aromatic nitrogens is 2. The second-order valence-electron chi connectivity index (χ2n) is 8.33. The number of aryl methyl sites for hydroxylation is 2. The zero-order chi connectivity index (χ0) is 24.7. The van der Waals surface area contributed by atoms with Gasteiger partial charge >= 0.3 is 5.91 Å². The predicted octanol–water partition coefficient (Wildman–Crippen LogP) is 5.33. The lowest BCUT2D eigenvalue weighted by molar-refractivity contribution is -0.132. The van der Waals surface area contributed by atoms with Gasteiger partial charge in [-0.3, -0.25) is 19.5 Å². The summed E-state index contributed by atoms with van der Waals surface area (Å²) in [6.45, 7) is 6.20. The number of ether oxygens (including phenoxy) is 1. The van der Waals surface area contributed by atoms with Gasteiger partial charge in [0.1, 0.15) is 11.5 Å². The Labute approximate surface area is 206 Å². The van der Waals surface area contributed by atoms with E-state index in [0.717, 1.165) is 15.8 Å². The van der Waals surface area contributed by atoms with E-state index in [4.69, 9.17) is 4.74 Å². The van der Waals surface area contributed by atoms with Gasteiger partial charge in [-0.25, -0.2) is 4.98 Å². The molecule has 35 heavy (non-hydrogen) atoms. The van der Waals surface area contributed by atoms with E-state index in [0.29, 0.717) is 34.1 Å². The molecular formula is C27H23N3O4S. The number of nitrogens with zero attached hydrogens (tertiary/aromatic N) is 3. The number of rotatable bonds is 5. The fraction of sp³-hybridized carbons (Fsp3) is 0.185. The number of ketones is 1. The van der Waals surface area contributed by atoms with Crippen LogP contribution in [-0.2, 0) is 9.59 Å². The number of hydrogen-bond donors (Lipinski definition) is 1. The van der Waals surface area contributed by atoms with Crippen LogP contribution in [-0.4, -0.2) is 33.4 Å². The molecule has 0 saturated carbocycles. The van der Waals surface area contributed by atoms with Crippen molar-refractivity contribution in [1.82, 2.24) is 9.97 Å². The Kier molecular flexibility index (Phi) is 5.82. The standard InChI is InChI=1S/C27H23N3O4S/c1-4-34-18-9-10-20-21(13-18)35-27(29-20)30-23(17-6-5-11-28-14-17)22(25(32)26(30)33)24(31)19-12-15(2)7-8-16(19)3/h5-14,23,31H,4H2,1-3H3. The molecule has 1 N–H and O–H groups in total. The second-order valence-corrected chi connectivity index (χ2v) is 9.34. The lowest BCUT2D eigenvalue weighted by atomic mass is 9.94. The average Bonchev–Trinajstić information content (AvgIpc) is 3.39. The van der Waals surface area contributed by atoms with Crippen LogP contribution in [0.5, 0.6) is 5.75 Å². The van der Waals surface area contributed by atoms with E-state index in [2.05, 4.69) is 9.97 Å². The maximum absolute atomic E-state index is 13.4. The quantitative estimate of drug-likeness (QED) is 0.233. The minimum atomic E-state index is -0.865. The first-order chi connectivity index (χ1) is 16.9. The molecule has 1 saturated heterocycles.